The zero-order chi connectivity index (χ0) is 13.1. The number of aryl methyl sites for hydroxylation is 1. The molecule has 1 aromatic rings. The van der Waals surface area contributed by atoms with Gasteiger partial charge >= 0.3 is 0 Å². The topological polar surface area (TPSA) is 90.0 Å². The quantitative estimate of drug-likeness (QED) is 0.797. The van der Waals surface area contributed by atoms with Crippen LogP contribution in [0.3, 0.4) is 0 Å². The van der Waals surface area contributed by atoms with Gasteiger partial charge in [0.15, 0.2) is 0 Å². The third-order valence-corrected chi connectivity index (χ3v) is 4.14. The maximum atomic E-state index is 12.0. The van der Waals surface area contributed by atoms with Crippen LogP contribution < -0.4 is 10.5 Å². The largest absolute Gasteiger partial charge is 0.383 e. The highest BCUT2D eigenvalue weighted by molar-refractivity contribution is 7.89. The molecule has 1 unspecified atom stereocenters. The van der Waals surface area contributed by atoms with Crippen LogP contribution in [0.1, 0.15) is 33.6 Å². The van der Waals surface area contributed by atoms with Gasteiger partial charge in [-0.05, 0) is 19.8 Å². The number of sulfonamides is 1. The van der Waals surface area contributed by atoms with Gasteiger partial charge in [0.05, 0.1) is 6.20 Å². The smallest absolute Gasteiger partial charge is 0.246 e. The fourth-order valence-corrected chi connectivity index (χ4v) is 2.78. The summed E-state index contributed by atoms with van der Waals surface area (Å²) in [6.45, 7) is 6.32. The van der Waals surface area contributed by atoms with E-state index in [4.69, 9.17) is 5.73 Å². The lowest BCUT2D eigenvalue weighted by Crippen LogP contribution is -2.32. The molecule has 0 saturated heterocycles. The molecule has 0 aliphatic carbocycles. The van der Waals surface area contributed by atoms with Gasteiger partial charge in [0.1, 0.15) is 10.7 Å². The molecule has 1 atom stereocenters. The Morgan fingerprint density at radius 3 is 2.71 bits per heavy atom. The Kier molecular flexibility index (Phi) is 4.53. The number of rotatable bonds is 6. The van der Waals surface area contributed by atoms with Crippen LogP contribution in [0.15, 0.2) is 11.1 Å². The summed E-state index contributed by atoms with van der Waals surface area (Å²) >= 11 is 0. The first-order valence-electron chi connectivity index (χ1n) is 5.76. The summed E-state index contributed by atoms with van der Waals surface area (Å²) < 4.78 is 28.1. The zero-order valence-corrected chi connectivity index (χ0v) is 11.3. The van der Waals surface area contributed by atoms with Crippen LogP contribution in [0.4, 0.5) is 5.82 Å². The normalized spacial score (nSPS) is 13.8. The molecule has 7 heteroatoms. The average Bonchev–Trinajstić information content (AvgIpc) is 2.61. The van der Waals surface area contributed by atoms with E-state index in [9.17, 15) is 8.42 Å². The van der Waals surface area contributed by atoms with Crippen molar-refractivity contribution >= 4 is 15.8 Å². The van der Waals surface area contributed by atoms with E-state index in [1.165, 1.54) is 10.9 Å². The molecule has 1 aromatic heterocycles. The number of nitrogens with one attached hydrogen (secondary N) is 1. The molecule has 0 spiro atoms. The second-order valence-corrected chi connectivity index (χ2v) is 5.73. The summed E-state index contributed by atoms with van der Waals surface area (Å²) in [5, 5.41) is 3.98. The molecule has 0 aliphatic rings. The molecule has 0 fully saturated rings. The van der Waals surface area contributed by atoms with Crippen molar-refractivity contribution in [1.82, 2.24) is 14.5 Å². The lowest BCUT2D eigenvalue weighted by molar-refractivity contribution is 0.556. The molecule has 0 aromatic carbocycles. The summed E-state index contributed by atoms with van der Waals surface area (Å²) in [5.41, 5.74) is 5.77. The van der Waals surface area contributed by atoms with Crippen LogP contribution in [0.5, 0.6) is 0 Å². The number of nitrogens with two attached hydrogens (primary N) is 1. The van der Waals surface area contributed by atoms with Gasteiger partial charge in [-0.3, -0.25) is 0 Å². The third kappa shape index (κ3) is 3.19. The lowest BCUT2D eigenvalue weighted by Gasteiger charge is -2.11. The van der Waals surface area contributed by atoms with E-state index in [-0.39, 0.29) is 16.8 Å². The first-order chi connectivity index (χ1) is 7.92. The minimum atomic E-state index is -3.56. The number of anilines is 1. The van der Waals surface area contributed by atoms with Gasteiger partial charge in [-0.15, -0.1) is 0 Å². The number of nitrogen functional groups attached to an aromatic ring is 1. The highest BCUT2D eigenvalue weighted by Crippen LogP contribution is 2.18. The monoisotopic (exact) mass is 260 g/mol. The number of aromatic nitrogens is 2. The van der Waals surface area contributed by atoms with Crippen molar-refractivity contribution in [2.45, 2.75) is 51.1 Å². The molecular weight excluding hydrogens is 240 g/mol. The van der Waals surface area contributed by atoms with E-state index in [0.29, 0.717) is 6.54 Å². The first kappa shape index (κ1) is 14.0. The van der Waals surface area contributed by atoms with Gasteiger partial charge in [0, 0.05) is 12.6 Å². The predicted octanol–water partition coefficient (Wildman–Crippen LogP) is 0.952. The second-order valence-electron chi connectivity index (χ2n) is 4.05. The summed E-state index contributed by atoms with van der Waals surface area (Å²) in [6, 6.07) is -0.117. The number of hydrogen-bond acceptors (Lipinski definition) is 4. The predicted molar refractivity (Wildman–Crippen MR) is 67.0 cm³/mol. The molecule has 1 heterocycles. The van der Waals surface area contributed by atoms with Crippen molar-refractivity contribution in [1.29, 1.82) is 0 Å². The highest BCUT2D eigenvalue weighted by atomic mass is 32.2. The molecule has 0 bridgehead atoms. The van der Waals surface area contributed by atoms with E-state index in [1.807, 2.05) is 20.8 Å². The van der Waals surface area contributed by atoms with Crippen molar-refractivity contribution in [3.8, 4) is 0 Å². The third-order valence-electron chi connectivity index (χ3n) is 2.54. The van der Waals surface area contributed by atoms with Crippen LogP contribution in [-0.2, 0) is 16.6 Å². The fraction of sp³-hybridized carbons (Fsp3) is 0.700. The average molecular weight is 260 g/mol. The van der Waals surface area contributed by atoms with Crippen molar-refractivity contribution in [3.05, 3.63) is 6.20 Å². The minimum absolute atomic E-state index is 0.0613. The first-order valence-corrected chi connectivity index (χ1v) is 7.24. The van der Waals surface area contributed by atoms with Gasteiger partial charge in [-0.2, -0.15) is 5.10 Å². The van der Waals surface area contributed by atoms with Crippen molar-refractivity contribution in [3.63, 3.8) is 0 Å². The van der Waals surface area contributed by atoms with E-state index >= 15 is 0 Å². The SMILES string of the molecule is CCCn1ncc(S(=O)(=O)NC(C)CC)c1N. The maximum absolute atomic E-state index is 12.0. The highest BCUT2D eigenvalue weighted by Gasteiger charge is 2.22. The molecule has 98 valence electrons. The Bertz CT molecular complexity index is 467. The Morgan fingerprint density at radius 2 is 2.18 bits per heavy atom. The van der Waals surface area contributed by atoms with Crippen LogP contribution in [0, 0.1) is 0 Å². The van der Waals surface area contributed by atoms with E-state index in [0.717, 1.165) is 12.8 Å². The van der Waals surface area contributed by atoms with Crippen LogP contribution in [0.2, 0.25) is 0 Å². The molecule has 0 amide bonds. The molecule has 17 heavy (non-hydrogen) atoms. The van der Waals surface area contributed by atoms with Gasteiger partial charge in [-0.1, -0.05) is 13.8 Å². The van der Waals surface area contributed by atoms with Gasteiger partial charge in [-0.25, -0.2) is 17.8 Å². The summed E-state index contributed by atoms with van der Waals surface area (Å²) in [4.78, 5) is 0.0613. The fourth-order valence-electron chi connectivity index (χ4n) is 1.39. The van der Waals surface area contributed by atoms with Gasteiger partial charge < -0.3 is 5.73 Å². The molecule has 3 N–H and O–H groups in total. The Morgan fingerprint density at radius 1 is 1.53 bits per heavy atom. The molecular formula is C10H20N4O2S. The standard InChI is InChI=1S/C10H20N4O2S/c1-4-6-14-10(11)9(7-12-14)17(15,16)13-8(3)5-2/h7-8,13H,4-6,11H2,1-3H3. The van der Waals surface area contributed by atoms with Crippen molar-refractivity contribution in [2.24, 2.45) is 0 Å². The zero-order valence-electron chi connectivity index (χ0n) is 10.5. The maximum Gasteiger partial charge on any atom is 0.246 e. The Balaban J connectivity index is 2.99. The van der Waals surface area contributed by atoms with E-state index < -0.39 is 10.0 Å². The number of hydrogen-bond donors (Lipinski definition) is 2. The molecule has 0 saturated carbocycles. The molecule has 1 rings (SSSR count). The summed E-state index contributed by atoms with van der Waals surface area (Å²) in [6.07, 6.45) is 2.88. The van der Waals surface area contributed by atoms with E-state index in [1.54, 1.807) is 0 Å². The molecule has 0 radical (unpaired) electrons. The summed E-state index contributed by atoms with van der Waals surface area (Å²) in [7, 11) is -3.56. The molecule has 0 aliphatic heterocycles. The molecule has 6 nitrogen and oxygen atoms in total. The van der Waals surface area contributed by atoms with Crippen molar-refractivity contribution < 1.29 is 8.42 Å². The van der Waals surface area contributed by atoms with Crippen LogP contribution >= 0.6 is 0 Å². The van der Waals surface area contributed by atoms with Crippen LogP contribution in [0.25, 0.3) is 0 Å². The van der Waals surface area contributed by atoms with Gasteiger partial charge in [0.2, 0.25) is 10.0 Å². The minimum Gasteiger partial charge on any atom is -0.383 e. The number of nitrogens with zero attached hydrogens (tertiary/aromatic N) is 2. The lowest BCUT2D eigenvalue weighted by atomic mass is 10.3. The Hall–Kier alpha value is -1.08. The second kappa shape index (κ2) is 5.50. The van der Waals surface area contributed by atoms with Crippen molar-refractivity contribution in [2.75, 3.05) is 5.73 Å². The van der Waals surface area contributed by atoms with Gasteiger partial charge in [0.25, 0.3) is 0 Å². The summed E-state index contributed by atoms with van der Waals surface area (Å²) in [5.74, 6) is 0.197. The van der Waals surface area contributed by atoms with Crippen LogP contribution in [-0.4, -0.2) is 24.2 Å². The Labute approximate surface area is 102 Å². The van der Waals surface area contributed by atoms with E-state index in [2.05, 4.69) is 9.82 Å².